The fourth-order valence-electron chi connectivity index (χ4n) is 1.57. The Bertz CT molecular complexity index is 368. The SMILES string of the molecule is CCN(C(C)=O)c1nc(CNCCCCO)cs1. The zero-order valence-corrected chi connectivity index (χ0v) is 11.8. The minimum atomic E-state index is 0.0225. The third-order valence-corrected chi connectivity index (χ3v) is 3.45. The first kappa shape index (κ1) is 15.1. The lowest BCUT2D eigenvalue weighted by Crippen LogP contribution is -2.27. The maximum absolute atomic E-state index is 11.4. The zero-order valence-electron chi connectivity index (χ0n) is 11.0. The Labute approximate surface area is 112 Å². The van der Waals surface area contributed by atoms with Gasteiger partial charge in [-0.2, -0.15) is 0 Å². The molecule has 0 atom stereocenters. The van der Waals surface area contributed by atoms with Gasteiger partial charge >= 0.3 is 0 Å². The Hall–Kier alpha value is -0.980. The predicted molar refractivity (Wildman–Crippen MR) is 73.8 cm³/mol. The number of aliphatic hydroxyl groups is 1. The molecule has 1 amide bonds. The van der Waals surface area contributed by atoms with Crippen LogP contribution in [-0.4, -0.2) is 35.7 Å². The van der Waals surface area contributed by atoms with Gasteiger partial charge in [-0.3, -0.25) is 9.69 Å². The lowest BCUT2D eigenvalue weighted by molar-refractivity contribution is -0.116. The second kappa shape index (κ2) is 8.18. The van der Waals surface area contributed by atoms with Crippen LogP contribution in [0.5, 0.6) is 0 Å². The standard InChI is InChI=1S/C12H21N3O2S/c1-3-15(10(2)17)12-14-11(9-18-12)8-13-6-4-5-7-16/h9,13,16H,3-8H2,1-2H3. The van der Waals surface area contributed by atoms with Crippen LogP contribution in [0.4, 0.5) is 5.13 Å². The Balaban J connectivity index is 2.40. The fraction of sp³-hybridized carbons (Fsp3) is 0.667. The van der Waals surface area contributed by atoms with E-state index in [1.807, 2.05) is 12.3 Å². The number of aliphatic hydroxyl groups excluding tert-OH is 1. The number of carbonyl (C=O) groups is 1. The van der Waals surface area contributed by atoms with Gasteiger partial charge in [-0.05, 0) is 26.3 Å². The van der Waals surface area contributed by atoms with Crippen LogP contribution < -0.4 is 10.2 Å². The summed E-state index contributed by atoms with van der Waals surface area (Å²) in [6, 6.07) is 0. The highest BCUT2D eigenvalue weighted by Gasteiger charge is 2.12. The number of hydrogen-bond donors (Lipinski definition) is 2. The average molecular weight is 271 g/mol. The van der Waals surface area contributed by atoms with E-state index in [4.69, 9.17) is 5.11 Å². The smallest absolute Gasteiger partial charge is 0.225 e. The second-order valence-electron chi connectivity index (χ2n) is 3.99. The van der Waals surface area contributed by atoms with E-state index in [0.717, 1.165) is 30.2 Å². The summed E-state index contributed by atoms with van der Waals surface area (Å²) in [4.78, 5) is 17.5. The summed E-state index contributed by atoms with van der Waals surface area (Å²) in [5.41, 5.74) is 0.957. The van der Waals surface area contributed by atoms with Crippen LogP contribution in [0.3, 0.4) is 0 Å². The lowest BCUT2D eigenvalue weighted by atomic mass is 10.3. The number of nitrogens with zero attached hydrogens (tertiary/aromatic N) is 2. The van der Waals surface area contributed by atoms with Crippen LogP contribution in [0.2, 0.25) is 0 Å². The molecule has 6 heteroatoms. The second-order valence-corrected chi connectivity index (χ2v) is 4.83. The molecular formula is C12H21N3O2S. The number of carbonyl (C=O) groups excluding carboxylic acids is 1. The van der Waals surface area contributed by atoms with Gasteiger partial charge in [0.15, 0.2) is 5.13 Å². The van der Waals surface area contributed by atoms with Gasteiger partial charge in [-0.25, -0.2) is 4.98 Å². The van der Waals surface area contributed by atoms with Gasteiger partial charge in [0.1, 0.15) is 0 Å². The minimum absolute atomic E-state index is 0.0225. The highest BCUT2D eigenvalue weighted by Crippen LogP contribution is 2.20. The maximum atomic E-state index is 11.4. The summed E-state index contributed by atoms with van der Waals surface area (Å²) in [7, 11) is 0. The van der Waals surface area contributed by atoms with Crippen LogP contribution in [0.15, 0.2) is 5.38 Å². The maximum Gasteiger partial charge on any atom is 0.225 e. The van der Waals surface area contributed by atoms with E-state index in [1.165, 1.54) is 11.3 Å². The van der Waals surface area contributed by atoms with Crippen molar-refractivity contribution in [2.24, 2.45) is 0 Å². The van der Waals surface area contributed by atoms with Gasteiger partial charge in [0.05, 0.1) is 5.69 Å². The number of amides is 1. The Morgan fingerprint density at radius 1 is 1.56 bits per heavy atom. The minimum Gasteiger partial charge on any atom is -0.396 e. The molecule has 1 aromatic heterocycles. The summed E-state index contributed by atoms with van der Waals surface area (Å²) in [6.07, 6.45) is 1.78. The van der Waals surface area contributed by atoms with Crippen molar-refractivity contribution in [2.45, 2.75) is 33.2 Å². The van der Waals surface area contributed by atoms with Crippen LogP contribution >= 0.6 is 11.3 Å². The monoisotopic (exact) mass is 271 g/mol. The Kier molecular flexibility index (Phi) is 6.85. The molecule has 18 heavy (non-hydrogen) atoms. The molecule has 0 radical (unpaired) electrons. The topological polar surface area (TPSA) is 65.5 Å². The molecule has 0 spiro atoms. The molecule has 1 heterocycles. The molecular weight excluding hydrogens is 250 g/mol. The van der Waals surface area contributed by atoms with Crippen LogP contribution in [0.1, 0.15) is 32.4 Å². The van der Waals surface area contributed by atoms with Crippen molar-refractivity contribution < 1.29 is 9.90 Å². The average Bonchev–Trinajstić information content (AvgIpc) is 2.78. The molecule has 0 saturated heterocycles. The van der Waals surface area contributed by atoms with Crippen molar-refractivity contribution in [3.05, 3.63) is 11.1 Å². The highest BCUT2D eigenvalue weighted by molar-refractivity contribution is 7.14. The number of rotatable bonds is 8. The van der Waals surface area contributed by atoms with Gasteiger partial charge in [0.2, 0.25) is 5.91 Å². The normalized spacial score (nSPS) is 10.6. The first-order chi connectivity index (χ1) is 8.69. The van der Waals surface area contributed by atoms with Gasteiger partial charge in [-0.1, -0.05) is 0 Å². The fourth-order valence-corrected chi connectivity index (χ4v) is 2.50. The van der Waals surface area contributed by atoms with Gasteiger partial charge in [-0.15, -0.1) is 11.3 Å². The van der Waals surface area contributed by atoms with E-state index in [2.05, 4.69) is 10.3 Å². The molecule has 102 valence electrons. The van der Waals surface area contributed by atoms with Gasteiger partial charge < -0.3 is 10.4 Å². The molecule has 0 bridgehead atoms. The van der Waals surface area contributed by atoms with Gasteiger partial charge in [0, 0.05) is 32.0 Å². The summed E-state index contributed by atoms with van der Waals surface area (Å²) in [6.45, 7) is 5.96. The predicted octanol–water partition coefficient (Wildman–Crippen LogP) is 1.38. The number of unbranched alkanes of at least 4 members (excludes halogenated alkanes) is 1. The number of nitrogens with one attached hydrogen (secondary N) is 1. The molecule has 2 N–H and O–H groups in total. The van der Waals surface area contributed by atoms with Crippen molar-refractivity contribution in [3.8, 4) is 0 Å². The summed E-state index contributed by atoms with van der Waals surface area (Å²) >= 11 is 1.49. The number of hydrogen-bond acceptors (Lipinski definition) is 5. The molecule has 1 rings (SSSR count). The van der Waals surface area contributed by atoms with Gasteiger partial charge in [0.25, 0.3) is 0 Å². The van der Waals surface area contributed by atoms with Crippen LogP contribution in [0.25, 0.3) is 0 Å². The molecule has 0 aliphatic carbocycles. The quantitative estimate of drug-likeness (QED) is 0.701. The summed E-state index contributed by atoms with van der Waals surface area (Å²) < 4.78 is 0. The number of anilines is 1. The molecule has 5 nitrogen and oxygen atoms in total. The molecule has 0 fully saturated rings. The third-order valence-electron chi connectivity index (χ3n) is 2.53. The Morgan fingerprint density at radius 2 is 2.33 bits per heavy atom. The number of aromatic nitrogens is 1. The summed E-state index contributed by atoms with van der Waals surface area (Å²) in [5.74, 6) is 0.0225. The van der Waals surface area contributed by atoms with E-state index in [0.29, 0.717) is 13.1 Å². The third kappa shape index (κ3) is 4.72. The highest BCUT2D eigenvalue weighted by atomic mass is 32.1. The molecule has 0 saturated carbocycles. The first-order valence-electron chi connectivity index (χ1n) is 6.23. The molecule has 0 aliphatic heterocycles. The molecule has 0 aromatic carbocycles. The largest absolute Gasteiger partial charge is 0.396 e. The number of thiazole rings is 1. The van der Waals surface area contributed by atoms with Crippen LogP contribution in [-0.2, 0) is 11.3 Å². The van der Waals surface area contributed by atoms with Crippen molar-refractivity contribution in [2.75, 3.05) is 24.6 Å². The molecule has 0 unspecified atom stereocenters. The van der Waals surface area contributed by atoms with Crippen molar-refractivity contribution in [3.63, 3.8) is 0 Å². The molecule has 1 aromatic rings. The summed E-state index contributed by atoms with van der Waals surface area (Å²) in [5, 5.41) is 14.6. The van der Waals surface area contributed by atoms with E-state index >= 15 is 0 Å². The van der Waals surface area contributed by atoms with E-state index in [-0.39, 0.29) is 12.5 Å². The van der Waals surface area contributed by atoms with E-state index in [9.17, 15) is 4.79 Å². The first-order valence-corrected chi connectivity index (χ1v) is 7.11. The van der Waals surface area contributed by atoms with Crippen molar-refractivity contribution in [1.29, 1.82) is 0 Å². The van der Waals surface area contributed by atoms with E-state index < -0.39 is 0 Å². The lowest BCUT2D eigenvalue weighted by Gasteiger charge is -2.14. The van der Waals surface area contributed by atoms with Crippen molar-refractivity contribution >= 4 is 22.4 Å². The van der Waals surface area contributed by atoms with Crippen LogP contribution in [0, 0.1) is 0 Å². The molecule has 0 aliphatic rings. The van der Waals surface area contributed by atoms with E-state index in [1.54, 1.807) is 11.8 Å². The van der Waals surface area contributed by atoms with Crippen molar-refractivity contribution in [1.82, 2.24) is 10.3 Å². The zero-order chi connectivity index (χ0) is 13.4. The Morgan fingerprint density at radius 3 is 2.94 bits per heavy atom.